The fraction of sp³-hybridized carbons (Fsp3) is 1.00. The largest absolute Gasteiger partial charge is 0.317 e. The van der Waals surface area contributed by atoms with Crippen molar-refractivity contribution < 1.29 is 0 Å². The summed E-state index contributed by atoms with van der Waals surface area (Å²) in [6.45, 7) is 13.4. The Morgan fingerprint density at radius 2 is 2.00 bits per heavy atom. The average Bonchev–Trinajstić information content (AvgIpc) is 2.72. The van der Waals surface area contributed by atoms with Gasteiger partial charge in [0.05, 0.1) is 0 Å². The molecule has 2 unspecified atom stereocenters. The van der Waals surface area contributed by atoms with Crippen molar-refractivity contribution >= 4 is 0 Å². The van der Waals surface area contributed by atoms with Gasteiger partial charge in [-0.25, -0.2) is 0 Å². The lowest BCUT2D eigenvalue weighted by molar-refractivity contribution is 0.227. The molecule has 2 heteroatoms. The summed E-state index contributed by atoms with van der Waals surface area (Å²) in [6.07, 6.45) is 5.44. The van der Waals surface area contributed by atoms with Crippen molar-refractivity contribution in [1.29, 1.82) is 0 Å². The van der Waals surface area contributed by atoms with E-state index in [0.29, 0.717) is 11.5 Å². The lowest BCUT2D eigenvalue weighted by atomic mass is 9.80. The Bertz CT molecular complexity index is 207. The van der Waals surface area contributed by atoms with Gasteiger partial charge in [-0.05, 0) is 57.7 Å². The molecule has 1 aliphatic rings. The van der Waals surface area contributed by atoms with E-state index in [0.717, 1.165) is 5.92 Å². The predicted molar refractivity (Wildman–Crippen MR) is 76.4 cm³/mol. The van der Waals surface area contributed by atoms with Crippen molar-refractivity contribution in [2.75, 3.05) is 26.7 Å². The summed E-state index contributed by atoms with van der Waals surface area (Å²) < 4.78 is 0. The van der Waals surface area contributed by atoms with Gasteiger partial charge in [0.15, 0.2) is 0 Å². The first kappa shape index (κ1) is 15.0. The monoisotopic (exact) mass is 240 g/mol. The standard InChI is InChI=1S/C15H32N2/c1-13(16-5)8-6-7-10-17-11-9-14(12-17)15(2,3)4/h13-14,16H,6-12H2,1-5H3. The number of hydrogen-bond donors (Lipinski definition) is 1. The maximum atomic E-state index is 3.31. The molecule has 2 atom stereocenters. The molecule has 0 aromatic rings. The minimum atomic E-state index is 0.495. The Hall–Kier alpha value is -0.0800. The first-order valence-corrected chi connectivity index (χ1v) is 7.33. The summed E-state index contributed by atoms with van der Waals surface area (Å²) >= 11 is 0. The molecule has 0 spiro atoms. The lowest BCUT2D eigenvalue weighted by Gasteiger charge is -2.27. The molecule has 1 aliphatic heterocycles. The van der Waals surface area contributed by atoms with Crippen molar-refractivity contribution in [3.63, 3.8) is 0 Å². The van der Waals surface area contributed by atoms with Gasteiger partial charge >= 0.3 is 0 Å². The van der Waals surface area contributed by atoms with Crippen LogP contribution >= 0.6 is 0 Å². The topological polar surface area (TPSA) is 15.3 Å². The van der Waals surface area contributed by atoms with E-state index < -0.39 is 0 Å². The van der Waals surface area contributed by atoms with Crippen LogP contribution < -0.4 is 5.32 Å². The molecule has 17 heavy (non-hydrogen) atoms. The van der Waals surface area contributed by atoms with Gasteiger partial charge in [0.1, 0.15) is 0 Å². The average molecular weight is 240 g/mol. The molecular formula is C15H32N2. The van der Waals surface area contributed by atoms with E-state index in [9.17, 15) is 0 Å². The molecule has 1 rings (SSSR count). The SMILES string of the molecule is CNC(C)CCCCN1CCC(C(C)(C)C)C1. The lowest BCUT2D eigenvalue weighted by Crippen LogP contribution is -2.27. The van der Waals surface area contributed by atoms with Gasteiger partial charge in [-0.2, -0.15) is 0 Å². The molecule has 0 aliphatic carbocycles. The zero-order valence-electron chi connectivity index (χ0n) is 12.6. The van der Waals surface area contributed by atoms with E-state index >= 15 is 0 Å². The Balaban J connectivity index is 2.10. The molecular weight excluding hydrogens is 208 g/mol. The third-order valence-corrected chi connectivity index (χ3v) is 4.35. The second-order valence-electron chi connectivity index (χ2n) is 6.84. The molecule has 0 amide bonds. The molecule has 0 aromatic heterocycles. The van der Waals surface area contributed by atoms with Crippen molar-refractivity contribution in [3.05, 3.63) is 0 Å². The Morgan fingerprint density at radius 3 is 2.53 bits per heavy atom. The fourth-order valence-corrected chi connectivity index (χ4v) is 2.67. The summed E-state index contributed by atoms with van der Waals surface area (Å²) in [4.78, 5) is 2.67. The van der Waals surface area contributed by atoms with E-state index in [2.05, 4.69) is 45.0 Å². The van der Waals surface area contributed by atoms with Gasteiger partial charge in [-0.15, -0.1) is 0 Å². The van der Waals surface area contributed by atoms with Gasteiger partial charge in [0, 0.05) is 12.6 Å². The molecule has 1 heterocycles. The summed E-state index contributed by atoms with van der Waals surface area (Å²) in [5.41, 5.74) is 0.495. The summed E-state index contributed by atoms with van der Waals surface area (Å²) in [6, 6.07) is 0.677. The Kier molecular flexibility index (Phi) is 5.94. The van der Waals surface area contributed by atoms with Crippen LogP contribution in [0.5, 0.6) is 0 Å². The number of hydrogen-bond acceptors (Lipinski definition) is 2. The van der Waals surface area contributed by atoms with Gasteiger partial charge in [0.2, 0.25) is 0 Å². The van der Waals surface area contributed by atoms with Crippen LogP contribution in [0.3, 0.4) is 0 Å². The van der Waals surface area contributed by atoms with E-state index in [1.807, 2.05) is 0 Å². The molecule has 1 fully saturated rings. The molecule has 0 saturated carbocycles. The Morgan fingerprint density at radius 1 is 1.29 bits per heavy atom. The van der Waals surface area contributed by atoms with Crippen molar-refractivity contribution in [1.82, 2.24) is 10.2 Å². The summed E-state index contributed by atoms with van der Waals surface area (Å²) in [7, 11) is 2.05. The van der Waals surface area contributed by atoms with Crippen molar-refractivity contribution in [2.45, 2.75) is 59.4 Å². The maximum absolute atomic E-state index is 3.31. The van der Waals surface area contributed by atoms with E-state index in [1.54, 1.807) is 0 Å². The van der Waals surface area contributed by atoms with Crippen LogP contribution in [0.15, 0.2) is 0 Å². The van der Waals surface area contributed by atoms with Crippen LogP contribution in [0.4, 0.5) is 0 Å². The summed E-state index contributed by atoms with van der Waals surface area (Å²) in [5.74, 6) is 0.902. The van der Waals surface area contributed by atoms with Crippen LogP contribution in [-0.4, -0.2) is 37.6 Å². The molecule has 1 N–H and O–H groups in total. The van der Waals surface area contributed by atoms with Crippen LogP contribution in [0.2, 0.25) is 0 Å². The maximum Gasteiger partial charge on any atom is 0.00357 e. The molecule has 0 aromatic carbocycles. The summed E-state index contributed by atoms with van der Waals surface area (Å²) in [5, 5.41) is 3.31. The van der Waals surface area contributed by atoms with Gasteiger partial charge in [0.25, 0.3) is 0 Å². The minimum absolute atomic E-state index is 0.495. The highest BCUT2D eigenvalue weighted by atomic mass is 15.1. The Labute approximate surface area is 108 Å². The van der Waals surface area contributed by atoms with Crippen LogP contribution in [0, 0.1) is 11.3 Å². The van der Waals surface area contributed by atoms with Crippen molar-refractivity contribution in [3.8, 4) is 0 Å². The van der Waals surface area contributed by atoms with Gasteiger partial charge < -0.3 is 10.2 Å². The number of rotatable bonds is 6. The van der Waals surface area contributed by atoms with Gasteiger partial charge in [-0.3, -0.25) is 0 Å². The van der Waals surface area contributed by atoms with Gasteiger partial charge in [-0.1, -0.05) is 27.2 Å². The van der Waals surface area contributed by atoms with Crippen LogP contribution in [-0.2, 0) is 0 Å². The second-order valence-corrected chi connectivity index (χ2v) is 6.84. The fourth-order valence-electron chi connectivity index (χ4n) is 2.67. The predicted octanol–water partition coefficient (Wildman–Crippen LogP) is 3.13. The first-order valence-electron chi connectivity index (χ1n) is 7.33. The number of nitrogens with one attached hydrogen (secondary N) is 1. The zero-order chi connectivity index (χ0) is 12.9. The highest BCUT2D eigenvalue weighted by Crippen LogP contribution is 2.33. The number of unbranched alkanes of at least 4 members (excludes halogenated alkanes) is 1. The molecule has 0 radical (unpaired) electrons. The number of nitrogens with zero attached hydrogens (tertiary/aromatic N) is 1. The van der Waals surface area contributed by atoms with Crippen LogP contribution in [0.1, 0.15) is 53.4 Å². The molecule has 2 nitrogen and oxygen atoms in total. The quantitative estimate of drug-likeness (QED) is 0.718. The molecule has 102 valence electrons. The second kappa shape index (κ2) is 6.75. The van der Waals surface area contributed by atoms with Crippen molar-refractivity contribution in [2.24, 2.45) is 11.3 Å². The molecule has 0 bridgehead atoms. The highest BCUT2D eigenvalue weighted by Gasteiger charge is 2.31. The van der Waals surface area contributed by atoms with E-state index in [-0.39, 0.29) is 0 Å². The van der Waals surface area contributed by atoms with E-state index in [1.165, 1.54) is 45.3 Å². The number of likely N-dealkylation sites (tertiary alicyclic amines) is 1. The third kappa shape index (κ3) is 5.39. The molecule has 1 saturated heterocycles. The smallest absolute Gasteiger partial charge is 0.00357 e. The highest BCUT2D eigenvalue weighted by molar-refractivity contribution is 4.83. The zero-order valence-corrected chi connectivity index (χ0v) is 12.6. The van der Waals surface area contributed by atoms with Crippen LogP contribution in [0.25, 0.3) is 0 Å². The normalized spacial score (nSPS) is 24.2. The first-order chi connectivity index (χ1) is 7.93. The third-order valence-electron chi connectivity index (χ3n) is 4.35. The van der Waals surface area contributed by atoms with E-state index in [4.69, 9.17) is 0 Å². The minimum Gasteiger partial charge on any atom is -0.317 e.